The number of aromatic nitrogens is 3. The molecule has 2 aliphatic rings. The maximum Gasteiger partial charge on any atom is 0.270 e. The number of nitrogens with zero attached hydrogens (tertiary/aromatic N) is 4. The Hall–Kier alpha value is -3.14. The highest BCUT2D eigenvalue weighted by atomic mass is 16.3. The van der Waals surface area contributed by atoms with E-state index in [9.17, 15) is 24.6 Å². The smallest absolute Gasteiger partial charge is 0.270 e. The molecule has 2 aromatic heterocycles. The number of carbonyl (C=O) groups is 2. The van der Waals surface area contributed by atoms with Gasteiger partial charge in [0.2, 0.25) is 11.8 Å². The van der Waals surface area contributed by atoms with Gasteiger partial charge in [0.25, 0.3) is 11.5 Å². The molecule has 35 heavy (non-hydrogen) atoms. The first-order valence-electron chi connectivity index (χ1n) is 12.3. The fourth-order valence-corrected chi connectivity index (χ4v) is 4.80. The van der Waals surface area contributed by atoms with E-state index >= 15 is 0 Å². The zero-order valence-electron chi connectivity index (χ0n) is 21.0. The first-order valence-corrected chi connectivity index (χ1v) is 12.3. The quantitative estimate of drug-likeness (QED) is 0.513. The number of aromatic hydroxyl groups is 1. The van der Waals surface area contributed by atoms with Gasteiger partial charge in [-0.1, -0.05) is 13.8 Å². The van der Waals surface area contributed by atoms with Gasteiger partial charge in [-0.25, -0.2) is 0 Å². The Bertz CT molecular complexity index is 1250. The number of fused-ring (bicyclic) bond motifs is 1. The van der Waals surface area contributed by atoms with Crippen molar-refractivity contribution in [1.29, 1.82) is 0 Å². The topological polar surface area (TPSA) is 129 Å². The number of likely N-dealkylation sites (tertiary alicyclic amines) is 1. The molecule has 190 valence electrons. The Morgan fingerprint density at radius 2 is 1.94 bits per heavy atom. The van der Waals surface area contributed by atoms with Crippen LogP contribution in [-0.4, -0.2) is 65.3 Å². The fraction of sp³-hybridized carbons (Fsp3) is 0.600. The molecule has 3 N–H and O–H groups in total. The fourth-order valence-electron chi connectivity index (χ4n) is 4.80. The third-order valence-corrected chi connectivity index (χ3v) is 6.65. The van der Waals surface area contributed by atoms with Crippen molar-refractivity contribution >= 4 is 23.5 Å². The Morgan fingerprint density at radius 3 is 2.54 bits per heavy atom. The van der Waals surface area contributed by atoms with Crippen molar-refractivity contribution in [3.63, 3.8) is 0 Å². The van der Waals surface area contributed by atoms with Crippen LogP contribution in [0.3, 0.4) is 0 Å². The van der Waals surface area contributed by atoms with E-state index in [0.717, 1.165) is 25.7 Å². The van der Waals surface area contributed by atoms with Crippen molar-refractivity contribution < 1.29 is 19.8 Å². The van der Waals surface area contributed by atoms with Crippen LogP contribution in [0.2, 0.25) is 0 Å². The van der Waals surface area contributed by atoms with Crippen molar-refractivity contribution in [2.24, 2.45) is 5.92 Å². The molecule has 10 heteroatoms. The SMILES string of the molecule is Cc1nn2c(O)c(C(=O)NC3CC3)c(=O)n(CC(C)C)c2c1/C=C/C(=O)N1CCC[C@@H]1C(C)(C)O. The van der Waals surface area contributed by atoms with E-state index in [2.05, 4.69) is 10.4 Å². The summed E-state index contributed by atoms with van der Waals surface area (Å²) in [5.74, 6) is -1.29. The molecule has 3 heterocycles. The third kappa shape index (κ3) is 4.84. The van der Waals surface area contributed by atoms with Gasteiger partial charge in [0.05, 0.1) is 17.3 Å². The summed E-state index contributed by atoms with van der Waals surface area (Å²) in [4.78, 5) is 40.9. The van der Waals surface area contributed by atoms with Gasteiger partial charge >= 0.3 is 0 Å². The summed E-state index contributed by atoms with van der Waals surface area (Å²) in [6.07, 6.45) is 6.26. The van der Waals surface area contributed by atoms with E-state index in [1.165, 1.54) is 15.2 Å². The summed E-state index contributed by atoms with van der Waals surface area (Å²) in [7, 11) is 0. The van der Waals surface area contributed by atoms with Gasteiger partial charge < -0.3 is 20.4 Å². The number of hydrogen-bond donors (Lipinski definition) is 3. The van der Waals surface area contributed by atoms with Crippen LogP contribution < -0.4 is 10.9 Å². The lowest BCUT2D eigenvalue weighted by atomic mass is 9.96. The second-order valence-electron chi connectivity index (χ2n) is 10.7. The maximum atomic E-state index is 13.4. The Morgan fingerprint density at radius 1 is 1.26 bits per heavy atom. The minimum absolute atomic E-state index is 0.0257. The zero-order valence-corrected chi connectivity index (χ0v) is 21.0. The van der Waals surface area contributed by atoms with Gasteiger partial charge in [-0.15, -0.1) is 0 Å². The molecular weight excluding hydrogens is 450 g/mol. The predicted octanol–water partition coefficient (Wildman–Crippen LogP) is 1.83. The van der Waals surface area contributed by atoms with E-state index in [0.29, 0.717) is 30.0 Å². The van der Waals surface area contributed by atoms with Crippen molar-refractivity contribution in [2.45, 2.75) is 84.5 Å². The molecule has 0 bridgehead atoms. The molecular formula is C25H35N5O5. The minimum Gasteiger partial charge on any atom is -0.492 e. The monoisotopic (exact) mass is 485 g/mol. The van der Waals surface area contributed by atoms with Gasteiger partial charge in [-0.3, -0.25) is 19.0 Å². The minimum atomic E-state index is -1.01. The molecule has 4 rings (SSSR count). The molecule has 1 atom stereocenters. The van der Waals surface area contributed by atoms with E-state index < -0.39 is 22.9 Å². The lowest BCUT2D eigenvalue weighted by Crippen LogP contribution is -2.47. The predicted molar refractivity (Wildman–Crippen MR) is 131 cm³/mol. The standard InChI is InChI=1S/C25H35N5O5/c1-14(2)13-29-22-17(10-11-19(31)28-12-6-7-18(28)25(4,5)35)15(3)27-30(22)24(34)20(23(29)33)21(32)26-16-8-9-16/h10-11,14,16,18,34-35H,6-9,12-13H2,1-5H3,(H,26,32)/b11-10+/t18-/m1/s1. The van der Waals surface area contributed by atoms with Gasteiger partial charge in [-0.2, -0.15) is 9.61 Å². The van der Waals surface area contributed by atoms with Crippen LogP contribution in [-0.2, 0) is 11.3 Å². The van der Waals surface area contributed by atoms with Crippen LogP contribution in [0.25, 0.3) is 11.7 Å². The lowest BCUT2D eigenvalue weighted by Gasteiger charge is -2.33. The van der Waals surface area contributed by atoms with Crippen molar-refractivity contribution in [1.82, 2.24) is 24.4 Å². The Balaban J connectivity index is 1.79. The van der Waals surface area contributed by atoms with Crippen LogP contribution in [0.4, 0.5) is 0 Å². The molecule has 2 fully saturated rings. The number of nitrogens with one attached hydrogen (secondary N) is 1. The number of aryl methyl sites for hydroxylation is 1. The van der Waals surface area contributed by atoms with Crippen LogP contribution in [0.15, 0.2) is 10.9 Å². The average molecular weight is 486 g/mol. The second-order valence-corrected chi connectivity index (χ2v) is 10.7. The summed E-state index contributed by atoms with van der Waals surface area (Å²) in [6.45, 7) is 9.89. The van der Waals surface area contributed by atoms with Crippen molar-refractivity contribution in [3.05, 3.63) is 33.3 Å². The molecule has 10 nitrogen and oxygen atoms in total. The van der Waals surface area contributed by atoms with Crippen molar-refractivity contribution in [2.75, 3.05) is 6.54 Å². The molecule has 0 spiro atoms. The Labute approximate surface area is 204 Å². The van der Waals surface area contributed by atoms with E-state index in [4.69, 9.17) is 0 Å². The van der Waals surface area contributed by atoms with Crippen LogP contribution in [0, 0.1) is 12.8 Å². The largest absolute Gasteiger partial charge is 0.492 e. The number of carbonyl (C=O) groups excluding carboxylic acids is 2. The van der Waals surface area contributed by atoms with Gasteiger partial charge in [0, 0.05) is 30.8 Å². The molecule has 2 amide bonds. The summed E-state index contributed by atoms with van der Waals surface area (Å²) in [5.41, 5.74) is -0.595. The summed E-state index contributed by atoms with van der Waals surface area (Å²) < 4.78 is 2.66. The third-order valence-electron chi connectivity index (χ3n) is 6.65. The van der Waals surface area contributed by atoms with Gasteiger partial charge in [0.15, 0.2) is 5.56 Å². The van der Waals surface area contributed by atoms with E-state index in [1.807, 2.05) is 13.8 Å². The van der Waals surface area contributed by atoms with Gasteiger partial charge in [0.1, 0.15) is 5.65 Å². The number of hydrogen-bond acceptors (Lipinski definition) is 6. The number of amides is 2. The molecule has 0 radical (unpaired) electrons. The Kier molecular flexibility index (Phi) is 6.52. The highest BCUT2D eigenvalue weighted by molar-refractivity contribution is 5.97. The molecule has 1 aliphatic heterocycles. The maximum absolute atomic E-state index is 13.4. The van der Waals surface area contributed by atoms with Gasteiger partial charge in [-0.05, 0) is 58.4 Å². The molecule has 1 aliphatic carbocycles. The molecule has 1 saturated carbocycles. The number of rotatable bonds is 7. The molecule has 0 unspecified atom stereocenters. The molecule has 2 aromatic rings. The normalized spacial score (nSPS) is 18.8. The summed E-state index contributed by atoms with van der Waals surface area (Å²) in [6, 6.07) is -0.252. The summed E-state index contributed by atoms with van der Waals surface area (Å²) >= 11 is 0. The van der Waals surface area contributed by atoms with E-state index in [1.54, 1.807) is 31.7 Å². The van der Waals surface area contributed by atoms with Crippen LogP contribution >= 0.6 is 0 Å². The summed E-state index contributed by atoms with van der Waals surface area (Å²) in [5, 5.41) is 28.5. The first-order chi connectivity index (χ1) is 16.4. The average Bonchev–Trinajstić information content (AvgIpc) is 3.29. The molecule has 1 saturated heterocycles. The van der Waals surface area contributed by atoms with Crippen LogP contribution in [0.5, 0.6) is 5.88 Å². The van der Waals surface area contributed by atoms with Crippen LogP contribution in [0.1, 0.15) is 75.0 Å². The number of aliphatic hydroxyl groups is 1. The van der Waals surface area contributed by atoms with E-state index in [-0.39, 0.29) is 29.5 Å². The lowest BCUT2D eigenvalue weighted by molar-refractivity contribution is -0.131. The molecule has 0 aromatic carbocycles. The van der Waals surface area contributed by atoms with Crippen molar-refractivity contribution in [3.8, 4) is 5.88 Å². The zero-order chi connectivity index (χ0) is 25.7. The highest BCUT2D eigenvalue weighted by Gasteiger charge is 2.37. The second kappa shape index (κ2) is 9.14. The first kappa shape index (κ1) is 25.0. The highest BCUT2D eigenvalue weighted by Crippen LogP contribution is 2.28.